The van der Waals surface area contributed by atoms with Crippen molar-refractivity contribution in [3.05, 3.63) is 57.3 Å². The Morgan fingerprint density at radius 2 is 1.86 bits per heavy atom. The van der Waals surface area contributed by atoms with Crippen molar-refractivity contribution in [3.8, 4) is 0 Å². The van der Waals surface area contributed by atoms with Gasteiger partial charge in [0.1, 0.15) is 17.2 Å². The van der Waals surface area contributed by atoms with Crippen LogP contribution in [0.4, 0.5) is 23.2 Å². The van der Waals surface area contributed by atoms with E-state index in [-0.39, 0.29) is 41.7 Å². The second-order valence-corrected chi connectivity index (χ2v) is 11.6. The number of amides is 1. The van der Waals surface area contributed by atoms with Crippen molar-refractivity contribution in [3.63, 3.8) is 0 Å². The van der Waals surface area contributed by atoms with Gasteiger partial charge < -0.3 is 10.6 Å². The molecule has 1 unspecified atom stereocenters. The highest BCUT2D eigenvalue weighted by atomic mass is 79.9. The number of hydrogen-bond donors (Lipinski definition) is 1. The molecule has 2 aliphatic rings. The molecule has 2 atom stereocenters. The van der Waals surface area contributed by atoms with Crippen LogP contribution in [0.1, 0.15) is 74.9 Å². The maximum atomic E-state index is 14.4. The third-order valence-corrected chi connectivity index (χ3v) is 7.37. The van der Waals surface area contributed by atoms with Gasteiger partial charge in [0, 0.05) is 46.6 Å². The molecule has 2 N–H and O–H groups in total. The summed E-state index contributed by atoms with van der Waals surface area (Å²) < 4.78 is 54.8. The first-order valence-corrected chi connectivity index (χ1v) is 13.2. The van der Waals surface area contributed by atoms with Gasteiger partial charge in [0.15, 0.2) is 0 Å². The molecule has 1 aliphatic heterocycles. The van der Waals surface area contributed by atoms with Crippen LogP contribution in [-0.2, 0) is 17.4 Å². The average molecular weight is 583 g/mol. The van der Waals surface area contributed by atoms with E-state index in [0.717, 1.165) is 34.6 Å². The fourth-order valence-electron chi connectivity index (χ4n) is 4.95. The minimum Gasteiger partial charge on any atom is -0.383 e. The standard InChI is InChI=1S/C27H31BrF4N4O/c1-15-12-17(10-11-36(15)21-13-19(28)7-6-18(21)14-26(2,3)29)25(37)35-24(33)20-8-9-22(27(30,31)32)34-23(20)16-4-5-16/h6-9,13,15-17H,4-5,10-12,14H2,1-3H3,(H2,33,35,37)/t15?,17-/m0/s1. The minimum atomic E-state index is -4.55. The molecular formula is C27H31BrF4N4O. The van der Waals surface area contributed by atoms with Crippen LogP contribution in [0.15, 0.2) is 39.8 Å². The SMILES string of the molecule is CC1C[C@@H](C(=O)N=C(N)c2ccc(C(F)(F)F)nc2C2CC2)CCN1c1cc(Br)ccc1CC(C)(C)F. The number of pyridine rings is 1. The molecule has 10 heteroatoms. The van der Waals surface area contributed by atoms with Crippen LogP contribution >= 0.6 is 15.9 Å². The molecule has 2 aromatic rings. The molecule has 37 heavy (non-hydrogen) atoms. The number of rotatable bonds is 6. The zero-order valence-electron chi connectivity index (χ0n) is 21.1. The normalized spacial score (nSPS) is 21.3. The van der Waals surface area contributed by atoms with Crippen molar-refractivity contribution < 1.29 is 22.4 Å². The maximum absolute atomic E-state index is 14.4. The average Bonchev–Trinajstić information content (AvgIpc) is 3.64. The van der Waals surface area contributed by atoms with E-state index >= 15 is 0 Å². The number of hydrogen-bond acceptors (Lipinski definition) is 3. The van der Waals surface area contributed by atoms with Gasteiger partial charge >= 0.3 is 6.18 Å². The largest absolute Gasteiger partial charge is 0.433 e. The molecule has 5 nitrogen and oxygen atoms in total. The number of aliphatic imine (C=N–C) groups is 1. The molecule has 2 heterocycles. The summed E-state index contributed by atoms with van der Waals surface area (Å²) in [6.45, 7) is 5.70. The molecule has 1 amide bonds. The Morgan fingerprint density at radius 1 is 1.16 bits per heavy atom. The third-order valence-electron chi connectivity index (χ3n) is 6.88. The molecule has 0 radical (unpaired) electrons. The fraction of sp³-hybridized carbons (Fsp3) is 0.519. The number of nitrogens with zero attached hydrogens (tertiary/aromatic N) is 3. The van der Waals surface area contributed by atoms with Gasteiger partial charge in [-0.1, -0.05) is 22.0 Å². The molecule has 4 rings (SSSR count). The summed E-state index contributed by atoms with van der Waals surface area (Å²) in [5, 5.41) is 0. The van der Waals surface area contributed by atoms with E-state index < -0.39 is 17.5 Å². The van der Waals surface area contributed by atoms with Crippen molar-refractivity contribution in [2.24, 2.45) is 16.6 Å². The van der Waals surface area contributed by atoms with E-state index in [1.165, 1.54) is 6.07 Å². The lowest BCUT2D eigenvalue weighted by Crippen LogP contribution is -2.43. The van der Waals surface area contributed by atoms with Crippen LogP contribution in [0.5, 0.6) is 0 Å². The van der Waals surface area contributed by atoms with Crippen LogP contribution in [0.3, 0.4) is 0 Å². The number of benzene rings is 1. The van der Waals surface area contributed by atoms with Crippen molar-refractivity contribution in [2.75, 3.05) is 11.4 Å². The zero-order chi connectivity index (χ0) is 27.1. The highest BCUT2D eigenvalue weighted by molar-refractivity contribution is 9.10. The second kappa shape index (κ2) is 10.3. The van der Waals surface area contributed by atoms with Crippen LogP contribution in [0.2, 0.25) is 0 Å². The number of amidine groups is 1. The highest BCUT2D eigenvalue weighted by Gasteiger charge is 2.37. The first-order chi connectivity index (χ1) is 17.2. The van der Waals surface area contributed by atoms with Gasteiger partial charge in [0.2, 0.25) is 0 Å². The van der Waals surface area contributed by atoms with Gasteiger partial charge in [0.05, 0.1) is 5.69 Å². The van der Waals surface area contributed by atoms with Crippen molar-refractivity contribution in [1.82, 2.24) is 4.98 Å². The summed E-state index contributed by atoms with van der Waals surface area (Å²) in [6.07, 6.45) is -1.76. The Hall–Kier alpha value is -2.49. The van der Waals surface area contributed by atoms with Gasteiger partial charge in [0.25, 0.3) is 5.91 Å². The number of halogens is 5. The topological polar surface area (TPSA) is 71.6 Å². The molecule has 1 saturated carbocycles. The zero-order valence-corrected chi connectivity index (χ0v) is 22.7. The highest BCUT2D eigenvalue weighted by Crippen LogP contribution is 2.42. The van der Waals surface area contributed by atoms with E-state index in [1.807, 2.05) is 25.1 Å². The molecule has 200 valence electrons. The number of nitrogens with two attached hydrogens (primary N) is 1. The monoisotopic (exact) mass is 582 g/mol. The minimum absolute atomic E-state index is 0.00958. The van der Waals surface area contributed by atoms with Gasteiger partial charge in [-0.2, -0.15) is 18.2 Å². The number of piperidine rings is 1. The molecule has 1 aromatic carbocycles. The summed E-state index contributed by atoms with van der Waals surface area (Å²) in [4.78, 5) is 23.2. The van der Waals surface area contributed by atoms with E-state index in [0.29, 0.717) is 24.9 Å². The van der Waals surface area contributed by atoms with Gasteiger partial charge in [-0.25, -0.2) is 9.37 Å². The lowest BCUT2D eigenvalue weighted by atomic mass is 9.89. The number of carbonyl (C=O) groups is 1. The summed E-state index contributed by atoms with van der Waals surface area (Å²) in [7, 11) is 0. The summed E-state index contributed by atoms with van der Waals surface area (Å²) in [5.74, 6) is -0.949. The molecule has 2 fully saturated rings. The molecule has 0 bridgehead atoms. The summed E-state index contributed by atoms with van der Waals surface area (Å²) in [6, 6.07) is 7.93. The molecule has 1 saturated heterocycles. The van der Waals surface area contributed by atoms with Gasteiger partial charge in [-0.05, 0) is 76.3 Å². The molecule has 0 spiro atoms. The first kappa shape index (κ1) is 27.5. The van der Waals surface area contributed by atoms with E-state index in [4.69, 9.17) is 5.73 Å². The molecular weight excluding hydrogens is 552 g/mol. The van der Waals surface area contributed by atoms with Gasteiger partial charge in [-0.3, -0.25) is 4.79 Å². The summed E-state index contributed by atoms with van der Waals surface area (Å²) in [5.41, 5.74) is 6.18. The lowest BCUT2D eigenvalue weighted by molar-refractivity contribution is -0.141. The van der Waals surface area contributed by atoms with Crippen molar-refractivity contribution in [2.45, 2.75) is 76.7 Å². The Kier molecular flexibility index (Phi) is 7.70. The molecule has 1 aliphatic carbocycles. The predicted molar refractivity (Wildman–Crippen MR) is 140 cm³/mol. The Balaban J connectivity index is 1.51. The predicted octanol–water partition coefficient (Wildman–Crippen LogP) is 6.57. The maximum Gasteiger partial charge on any atom is 0.433 e. The van der Waals surface area contributed by atoms with Gasteiger partial charge in [-0.15, -0.1) is 0 Å². The Morgan fingerprint density at radius 3 is 2.46 bits per heavy atom. The van der Waals surface area contributed by atoms with Crippen LogP contribution < -0.4 is 10.6 Å². The van der Waals surface area contributed by atoms with Crippen molar-refractivity contribution >= 4 is 33.4 Å². The Labute approximate surface area is 222 Å². The quantitative estimate of drug-likeness (QED) is 0.237. The number of aromatic nitrogens is 1. The number of carbonyl (C=O) groups excluding carboxylic acids is 1. The van der Waals surface area contributed by atoms with Crippen LogP contribution in [-0.4, -0.2) is 35.0 Å². The van der Waals surface area contributed by atoms with E-state index in [2.05, 4.69) is 30.8 Å². The lowest BCUT2D eigenvalue weighted by Gasteiger charge is -2.39. The van der Waals surface area contributed by atoms with Crippen LogP contribution in [0.25, 0.3) is 0 Å². The van der Waals surface area contributed by atoms with E-state index in [1.54, 1.807) is 13.8 Å². The number of alkyl halides is 4. The number of anilines is 1. The second-order valence-electron chi connectivity index (χ2n) is 10.7. The van der Waals surface area contributed by atoms with Crippen molar-refractivity contribution in [1.29, 1.82) is 0 Å². The fourth-order valence-corrected chi connectivity index (χ4v) is 5.30. The third kappa shape index (κ3) is 6.69. The first-order valence-electron chi connectivity index (χ1n) is 12.4. The Bertz CT molecular complexity index is 1200. The van der Waals surface area contributed by atoms with Crippen LogP contribution in [0, 0.1) is 5.92 Å². The molecule has 1 aromatic heterocycles. The van der Waals surface area contributed by atoms with E-state index in [9.17, 15) is 22.4 Å². The smallest absolute Gasteiger partial charge is 0.383 e. The summed E-state index contributed by atoms with van der Waals surface area (Å²) >= 11 is 3.51.